The quantitative estimate of drug-likeness (QED) is 0.490. The fourth-order valence-corrected chi connectivity index (χ4v) is 4.44. The number of ether oxygens (including phenoxy) is 1. The summed E-state index contributed by atoms with van der Waals surface area (Å²) in [4.78, 5) is 20.8. The summed E-state index contributed by atoms with van der Waals surface area (Å²) in [6.07, 6.45) is 4.33. The Morgan fingerprint density at radius 3 is 2.80 bits per heavy atom. The van der Waals surface area contributed by atoms with Crippen molar-refractivity contribution in [2.24, 2.45) is 5.92 Å². The summed E-state index contributed by atoms with van der Waals surface area (Å²) in [7, 11) is 1.60. The molecule has 0 spiro atoms. The minimum Gasteiger partial charge on any atom is -0.493 e. The number of carbonyl (C=O) groups excluding carboxylic acids is 1. The van der Waals surface area contributed by atoms with Crippen LogP contribution >= 0.6 is 0 Å². The van der Waals surface area contributed by atoms with Crippen LogP contribution in [0.25, 0.3) is 22.0 Å². The fraction of sp³-hybridized carbons (Fsp3) is 0.333. The molecular weight excluding hydrogens is 378 g/mol. The third-order valence-corrected chi connectivity index (χ3v) is 6.14. The highest BCUT2D eigenvalue weighted by molar-refractivity contribution is 5.97. The molecule has 154 valence electrons. The summed E-state index contributed by atoms with van der Waals surface area (Å²) < 4.78 is 11.1. The SMILES string of the molecule is COc1cccc2cc(C(=O)NCC3CCC(c4nc5ccccc5[nH]4)CC3)oc12. The zero-order chi connectivity index (χ0) is 20.5. The number of methoxy groups -OCH3 is 1. The number of amides is 1. The molecule has 1 saturated carbocycles. The van der Waals surface area contributed by atoms with Crippen LogP contribution in [0.1, 0.15) is 48.0 Å². The van der Waals surface area contributed by atoms with Crippen LogP contribution in [0.5, 0.6) is 5.75 Å². The molecule has 0 unspecified atom stereocenters. The number of carbonyl (C=O) groups is 1. The van der Waals surface area contributed by atoms with Gasteiger partial charge in [0.05, 0.1) is 18.1 Å². The van der Waals surface area contributed by atoms with Gasteiger partial charge in [0, 0.05) is 17.8 Å². The Balaban J connectivity index is 1.17. The summed E-state index contributed by atoms with van der Waals surface area (Å²) in [5, 5.41) is 3.91. The Bertz CT molecular complexity index is 1150. The second-order valence-electron chi connectivity index (χ2n) is 8.06. The second-order valence-corrected chi connectivity index (χ2v) is 8.06. The maximum Gasteiger partial charge on any atom is 0.287 e. The molecule has 2 heterocycles. The molecule has 2 N–H and O–H groups in total. The Kier molecular flexibility index (Phi) is 4.91. The first kappa shape index (κ1) is 18.7. The largest absolute Gasteiger partial charge is 0.493 e. The lowest BCUT2D eigenvalue weighted by molar-refractivity contribution is 0.0917. The molecule has 1 aliphatic carbocycles. The number of aromatic amines is 1. The van der Waals surface area contributed by atoms with E-state index >= 15 is 0 Å². The van der Waals surface area contributed by atoms with E-state index in [1.165, 1.54) is 0 Å². The second kappa shape index (κ2) is 7.86. The summed E-state index contributed by atoms with van der Waals surface area (Å²) in [6, 6.07) is 15.6. The number of rotatable bonds is 5. The van der Waals surface area contributed by atoms with Crippen molar-refractivity contribution in [2.45, 2.75) is 31.6 Å². The van der Waals surface area contributed by atoms with Crippen molar-refractivity contribution in [3.63, 3.8) is 0 Å². The van der Waals surface area contributed by atoms with E-state index in [0.29, 0.717) is 35.5 Å². The van der Waals surface area contributed by atoms with Crippen LogP contribution in [0.3, 0.4) is 0 Å². The molecule has 2 aromatic carbocycles. The minimum atomic E-state index is -0.173. The Labute approximate surface area is 174 Å². The number of para-hydroxylation sites is 3. The number of fused-ring (bicyclic) bond motifs is 2. The molecule has 6 heteroatoms. The molecule has 0 saturated heterocycles. The van der Waals surface area contributed by atoms with Gasteiger partial charge in [-0.2, -0.15) is 0 Å². The molecule has 0 radical (unpaired) electrons. The molecule has 1 aliphatic rings. The first-order valence-electron chi connectivity index (χ1n) is 10.5. The van der Waals surface area contributed by atoms with E-state index in [1.54, 1.807) is 13.2 Å². The lowest BCUT2D eigenvalue weighted by Gasteiger charge is -2.27. The van der Waals surface area contributed by atoms with Gasteiger partial charge >= 0.3 is 0 Å². The smallest absolute Gasteiger partial charge is 0.287 e. The third kappa shape index (κ3) is 3.54. The van der Waals surface area contributed by atoms with Crippen LogP contribution in [-0.2, 0) is 0 Å². The molecule has 5 rings (SSSR count). The zero-order valence-electron chi connectivity index (χ0n) is 17.0. The Morgan fingerprint density at radius 2 is 2.00 bits per heavy atom. The van der Waals surface area contributed by atoms with E-state index < -0.39 is 0 Å². The predicted octanol–water partition coefficient (Wildman–Crippen LogP) is 5.02. The number of imidazole rings is 1. The Morgan fingerprint density at radius 1 is 1.17 bits per heavy atom. The van der Waals surface area contributed by atoms with Gasteiger partial charge in [0.1, 0.15) is 5.82 Å². The summed E-state index contributed by atoms with van der Waals surface area (Å²) in [5.74, 6) is 2.82. The predicted molar refractivity (Wildman–Crippen MR) is 116 cm³/mol. The van der Waals surface area contributed by atoms with Crippen molar-refractivity contribution in [3.8, 4) is 5.75 Å². The number of H-pyrrole nitrogens is 1. The van der Waals surface area contributed by atoms with Crippen LogP contribution in [0.15, 0.2) is 52.9 Å². The number of nitrogens with one attached hydrogen (secondary N) is 2. The number of furan rings is 1. The topological polar surface area (TPSA) is 80.1 Å². The summed E-state index contributed by atoms with van der Waals surface area (Å²) in [5.41, 5.74) is 2.74. The molecular formula is C24H25N3O3. The number of hydrogen-bond acceptors (Lipinski definition) is 4. The Hall–Kier alpha value is -3.28. The van der Waals surface area contributed by atoms with Gasteiger partial charge in [0.15, 0.2) is 17.1 Å². The number of nitrogens with zero attached hydrogens (tertiary/aromatic N) is 1. The summed E-state index contributed by atoms with van der Waals surface area (Å²) in [6.45, 7) is 0.667. The lowest BCUT2D eigenvalue weighted by atomic mass is 9.81. The van der Waals surface area contributed by atoms with Gasteiger partial charge in [-0.25, -0.2) is 4.98 Å². The van der Waals surface area contributed by atoms with Crippen LogP contribution in [0.4, 0.5) is 0 Å². The lowest BCUT2D eigenvalue weighted by Crippen LogP contribution is -2.31. The monoisotopic (exact) mass is 403 g/mol. The highest BCUT2D eigenvalue weighted by atomic mass is 16.5. The molecule has 0 atom stereocenters. The van der Waals surface area contributed by atoms with E-state index in [2.05, 4.69) is 16.4 Å². The van der Waals surface area contributed by atoms with E-state index in [9.17, 15) is 4.79 Å². The molecule has 1 fully saturated rings. The van der Waals surface area contributed by atoms with E-state index in [1.807, 2.05) is 36.4 Å². The van der Waals surface area contributed by atoms with Gasteiger partial charge in [-0.1, -0.05) is 24.3 Å². The van der Waals surface area contributed by atoms with Gasteiger partial charge < -0.3 is 19.5 Å². The van der Waals surface area contributed by atoms with E-state index in [-0.39, 0.29) is 5.91 Å². The molecule has 30 heavy (non-hydrogen) atoms. The van der Waals surface area contributed by atoms with Crippen molar-refractivity contribution < 1.29 is 13.9 Å². The first-order valence-corrected chi connectivity index (χ1v) is 10.5. The van der Waals surface area contributed by atoms with Crippen molar-refractivity contribution in [1.29, 1.82) is 0 Å². The van der Waals surface area contributed by atoms with Crippen molar-refractivity contribution in [2.75, 3.05) is 13.7 Å². The van der Waals surface area contributed by atoms with Crippen LogP contribution in [-0.4, -0.2) is 29.5 Å². The van der Waals surface area contributed by atoms with Crippen LogP contribution < -0.4 is 10.1 Å². The average molecular weight is 403 g/mol. The van der Waals surface area contributed by atoms with Crippen molar-refractivity contribution in [1.82, 2.24) is 15.3 Å². The highest BCUT2D eigenvalue weighted by Crippen LogP contribution is 2.35. The maximum absolute atomic E-state index is 12.6. The summed E-state index contributed by atoms with van der Waals surface area (Å²) >= 11 is 0. The van der Waals surface area contributed by atoms with Gasteiger partial charge in [-0.15, -0.1) is 0 Å². The maximum atomic E-state index is 12.6. The zero-order valence-corrected chi connectivity index (χ0v) is 17.0. The first-order chi connectivity index (χ1) is 14.7. The van der Waals surface area contributed by atoms with Crippen molar-refractivity contribution in [3.05, 3.63) is 60.1 Å². The van der Waals surface area contributed by atoms with Gasteiger partial charge in [-0.05, 0) is 55.9 Å². The number of benzene rings is 2. The number of aromatic nitrogens is 2. The van der Waals surface area contributed by atoms with Gasteiger partial charge in [0.2, 0.25) is 0 Å². The molecule has 2 aromatic heterocycles. The van der Waals surface area contributed by atoms with Crippen molar-refractivity contribution >= 4 is 27.9 Å². The third-order valence-electron chi connectivity index (χ3n) is 6.14. The molecule has 4 aromatic rings. The standard InChI is InChI=1S/C24H25N3O3/c1-29-20-8-4-5-17-13-21(30-22(17)20)24(28)25-14-15-9-11-16(12-10-15)23-26-18-6-2-3-7-19(18)27-23/h2-8,13,15-16H,9-12,14H2,1H3,(H,25,28)(H,26,27). The molecule has 1 amide bonds. The normalized spacial score (nSPS) is 19.2. The van der Waals surface area contributed by atoms with Gasteiger partial charge in [-0.3, -0.25) is 4.79 Å². The molecule has 6 nitrogen and oxygen atoms in total. The highest BCUT2D eigenvalue weighted by Gasteiger charge is 2.25. The minimum absolute atomic E-state index is 0.173. The number of hydrogen-bond donors (Lipinski definition) is 2. The van der Waals surface area contributed by atoms with E-state index in [0.717, 1.165) is 47.9 Å². The van der Waals surface area contributed by atoms with E-state index in [4.69, 9.17) is 14.1 Å². The average Bonchev–Trinajstić information content (AvgIpc) is 3.42. The van der Waals surface area contributed by atoms with Crippen LogP contribution in [0, 0.1) is 5.92 Å². The fourth-order valence-electron chi connectivity index (χ4n) is 4.44. The molecule has 0 aliphatic heterocycles. The molecule has 0 bridgehead atoms. The van der Waals surface area contributed by atoms with Crippen LogP contribution in [0.2, 0.25) is 0 Å². The van der Waals surface area contributed by atoms with Gasteiger partial charge in [0.25, 0.3) is 5.91 Å².